The fraction of sp³-hybridized carbons (Fsp3) is 0.583. The second-order valence-corrected chi connectivity index (χ2v) is 7.79. The molecule has 5 aliphatic rings. The summed E-state index contributed by atoms with van der Waals surface area (Å²) in [5, 5.41) is 0. The lowest BCUT2D eigenvalue weighted by Gasteiger charge is -2.18. The van der Waals surface area contributed by atoms with Crippen molar-refractivity contribution in [2.75, 3.05) is 6.62 Å². The van der Waals surface area contributed by atoms with Crippen LogP contribution in [0.5, 0.6) is 0 Å². The minimum absolute atomic E-state index is 0. The van der Waals surface area contributed by atoms with E-state index in [0.29, 0.717) is 5.92 Å². The van der Waals surface area contributed by atoms with Crippen molar-refractivity contribution in [3.05, 3.63) is 61.8 Å². The zero-order chi connectivity index (χ0) is 18.7. The maximum absolute atomic E-state index is 6.21. The van der Waals surface area contributed by atoms with Crippen LogP contribution in [0.15, 0.2) is 61.8 Å². The molecule has 2 fully saturated rings. The van der Waals surface area contributed by atoms with E-state index in [1.54, 1.807) is 0 Å². The summed E-state index contributed by atoms with van der Waals surface area (Å²) >= 11 is 0. The Kier molecular flexibility index (Phi) is 6.44. The second-order valence-electron chi connectivity index (χ2n) is 7.79. The molecule has 0 N–H and O–H groups in total. The minimum atomic E-state index is -0.750. The topological polar surface area (TPSA) is 0 Å². The number of fused-ring (bicyclic) bond motifs is 6. The van der Waals surface area contributed by atoms with Crippen LogP contribution in [-0.4, -0.2) is 6.62 Å². The minimum Gasteiger partial charge on any atom is -0.141 e. The Labute approximate surface area is 161 Å². The summed E-state index contributed by atoms with van der Waals surface area (Å²) in [6.45, 7) is 7.06. The van der Waals surface area contributed by atoms with Crippen LogP contribution in [0.4, 0.5) is 0 Å². The lowest BCUT2D eigenvalue weighted by Crippen LogP contribution is -2.12. The van der Waals surface area contributed by atoms with Gasteiger partial charge in [0.2, 0.25) is 0 Å². The molecule has 0 radical (unpaired) electrons. The summed E-state index contributed by atoms with van der Waals surface area (Å²) in [7, 11) is 1.99. The van der Waals surface area contributed by atoms with Crippen LogP contribution in [0, 0.1) is 47.3 Å². The van der Waals surface area contributed by atoms with Crippen molar-refractivity contribution in [1.82, 2.24) is 0 Å². The maximum atomic E-state index is 6.21. The van der Waals surface area contributed by atoms with Crippen LogP contribution in [0.1, 0.15) is 35.9 Å². The van der Waals surface area contributed by atoms with Crippen LogP contribution in [0.3, 0.4) is 0 Å². The summed E-state index contributed by atoms with van der Waals surface area (Å²) in [5.41, 5.74) is 0. The Hall–Kier alpha value is -0.870. The molecule has 2 bridgehead atoms. The van der Waals surface area contributed by atoms with Crippen molar-refractivity contribution in [1.29, 1.82) is 0 Å². The van der Waals surface area contributed by atoms with Gasteiger partial charge >= 0.3 is 0 Å². The van der Waals surface area contributed by atoms with Crippen molar-refractivity contribution in [3.63, 3.8) is 0 Å². The summed E-state index contributed by atoms with van der Waals surface area (Å²) < 4.78 is 12.4. The molecule has 0 nitrogen and oxygen atoms in total. The number of hydrogen-bond acceptors (Lipinski definition) is 0. The molecule has 25 heavy (non-hydrogen) atoms. The lowest BCUT2D eigenvalue weighted by atomic mass is 9.86. The molecule has 138 valence electrons. The van der Waals surface area contributed by atoms with Gasteiger partial charge in [-0.3, -0.25) is 0 Å². The lowest BCUT2D eigenvalue weighted by molar-refractivity contribution is 0.398. The Morgan fingerprint density at radius 3 is 2.12 bits per heavy atom. The van der Waals surface area contributed by atoms with Crippen LogP contribution in [0.2, 0.25) is 0 Å². The molecular formula is C24H37P. The fourth-order valence-electron chi connectivity index (χ4n) is 5.76. The molecule has 2 saturated carbocycles. The van der Waals surface area contributed by atoms with Gasteiger partial charge in [0.1, 0.15) is 0 Å². The molecule has 5 aliphatic carbocycles. The predicted octanol–water partition coefficient (Wildman–Crippen LogP) is 6.70. The van der Waals surface area contributed by atoms with E-state index in [4.69, 9.17) is 2.74 Å². The summed E-state index contributed by atoms with van der Waals surface area (Å²) in [5.74, 6) is 6.87. The molecule has 0 amide bonds. The highest BCUT2D eigenvalue weighted by Gasteiger charge is 2.44. The van der Waals surface area contributed by atoms with Crippen molar-refractivity contribution in [2.24, 2.45) is 47.3 Å². The largest absolute Gasteiger partial charge is 0.141 e. The highest BCUT2D eigenvalue weighted by molar-refractivity contribution is 7.15. The van der Waals surface area contributed by atoms with Crippen molar-refractivity contribution >= 4 is 9.24 Å². The van der Waals surface area contributed by atoms with Gasteiger partial charge in [0, 0.05) is 2.74 Å². The predicted molar refractivity (Wildman–Crippen MR) is 117 cm³/mol. The van der Waals surface area contributed by atoms with Gasteiger partial charge in [0.15, 0.2) is 0 Å². The van der Waals surface area contributed by atoms with Gasteiger partial charge in [-0.1, -0.05) is 62.7 Å². The third-order valence-corrected chi connectivity index (χ3v) is 6.91. The second kappa shape index (κ2) is 9.18. The monoisotopic (exact) mass is 358 g/mol. The molecule has 0 spiro atoms. The molecule has 0 saturated heterocycles. The first kappa shape index (κ1) is 17.5. The van der Waals surface area contributed by atoms with Gasteiger partial charge < -0.3 is 0 Å². The maximum Gasteiger partial charge on any atom is 0.0274 e. The van der Waals surface area contributed by atoms with E-state index in [0.717, 1.165) is 41.4 Å². The highest BCUT2D eigenvalue weighted by Crippen LogP contribution is 2.52. The van der Waals surface area contributed by atoms with Gasteiger partial charge in [0.05, 0.1) is 0 Å². The molecule has 9 atom stereocenters. The van der Waals surface area contributed by atoms with Crippen LogP contribution < -0.4 is 0 Å². The summed E-state index contributed by atoms with van der Waals surface area (Å²) in [6, 6.07) is 0. The normalized spacial score (nSPS) is 44.6. The molecule has 0 aromatic carbocycles. The summed E-state index contributed by atoms with van der Waals surface area (Å²) in [6.07, 6.45) is 24.0. The molecule has 0 heterocycles. The molecule has 5 rings (SSSR count). The van der Waals surface area contributed by atoms with E-state index in [9.17, 15) is 0 Å². The molecule has 1 heteroatoms. The summed E-state index contributed by atoms with van der Waals surface area (Å²) in [4.78, 5) is 0. The Morgan fingerprint density at radius 2 is 1.48 bits per heavy atom. The van der Waals surface area contributed by atoms with E-state index in [1.165, 1.54) is 25.7 Å². The zero-order valence-electron chi connectivity index (χ0n) is 16.6. The van der Waals surface area contributed by atoms with Crippen LogP contribution in [-0.2, 0) is 0 Å². The molecule has 0 aromatic rings. The fourth-order valence-corrected chi connectivity index (χ4v) is 5.76. The average Bonchev–Trinajstić information content (AvgIpc) is 3.39. The average molecular weight is 359 g/mol. The number of rotatable bonds is 2. The molecule has 0 aliphatic heterocycles. The van der Waals surface area contributed by atoms with Crippen molar-refractivity contribution < 1.29 is 2.74 Å². The first-order valence-corrected chi connectivity index (χ1v) is 10.1. The van der Waals surface area contributed by atoms with Crippen LogP contribution in [0.25, 0.3) is 0 Å². The van der Waals surface area contributed by atoms with Gasteiger partial charge in [-0.05, 0) is 73.0 Å². The van der Waals surface area contributed by atoms with E-state index >= 15 is 0 Å². The standard InChI is InChI=1S/C12H16.C10H12.CH5P.CH4/c1-3-9-8-10(4-2)12-7-5-6-11(9)12;1-2-9-7-4-5-8(6-7)10(9)3-1;1-2;/h3-6,9-12H,1-2,7-8H2;1-2,4-5,7-10H,3,6H2;2H2,1H3;1H4/i;;1D2;. The quantitative estimate of drug-likeness (QED) is 0.380. The highest BCUT2D eigenvalue weighted by atomic mass is 31.0. The van der Waals surface area contributed by atoms with E-state index < -0.39 is 6.62 Å². The van der Waals surface area contributed by atoms with Gasteiger partial charge in [-0.25, -0.2) is 0 Å². The van der Waals surface area contributed by atoms with Crippen molar-refractivity contribution in [3.8, 4) is 0 Å². The van der Waals surface area contributed by atoms with E-state index in [1.807, 2.05) is 9.24 Å². The van der Waals surface area contributed by atoms with E-state index in [-0.39, 0.29) is 7.43 Å². The van der Waals surface area contributed by atoms with E-state index in [2.05, 4.69) is 61.8 Å². The Balaban J connectivity index is 0.000000159. The third-order valence-electron chi connectivity index (χ3n) is 6.91. The SMILES string of the molecule is C.C1=CC2C3C=CC(C3)C2C1.C=CC1CC(C=C)C2CC=CC12.[2H]C([2H])P. The zero-order valence-corrected chi connectivity index (χ0v) is 15.8. The molecule has 9 unspecified atom stereocenters. The Morgan fingerprint density at radius 1 is 0.880 bits per heavy atom. The first-order valence-electron chi connectivity index (χ1n) is 10.6. The third kappa shape index (κ3) is 3.80. The van der Waals surface area contributed by atoms with Crippen molar-refractivity contribution in [2.45, 2.75) is 33.1 Å². The van der Waals surface area contributed by atoms with Gasteiger partial charge in [0.25, 0.3) is 0 Å². The van der Waals surface area contributed by atoms with Crippen LogP contribution >= 0.6 is 9.24 Å². The number of allylic oxidation sites excluding steroid dienone is 8. The Bertz CT molecular complexity index is 588. The first-order chi connectivity index (χ1) is 12.5. The molecular weight excluding hydrogens is 319 g/mol. The number of hydrogen-bond donors (Lipinski definition) is 0. The van der Waals surface area contributed by atoms with Gasteiger partial charge in [-0.2, -0.15) is 0 Å². The smallest absolute Gasteiger partial charge is 0.0274 e. The van der Waals surface area contributed by atoms with Gasteiger partial charge in [-0.15, -0.1) is 22.4 Å². The molecule has 0 aromatic heterocycles.